The van der Waals surface area contributed by atoms with Crippen LogP contribution in [0.1, 0.15) is 17.7 Å². The number of fused-ring (bicyclic) bond motifs is 1. The van der Waals surface area contributed by atoms with Crippen molar-refractivity contribution in [1.29, 1.82) is 0 Å². The van der Waals surface area contributed by atoms with E-state index < -0.39 is 6.09 Å². The number of hydrogen-bond acceptors (Lipinski definition) is 3. The maximum Gasteiger partial charge on any atom is 0.416 e. The smallest absolute Gasteiger partial charge is 0.413 e. The van der Waals surface area contributed by atoms with E-state index in [0.29, 0.717) is 23.1 Å². The molecule has 0 aliphatic heterocycles. The number of pyridine rings is 1. The fraction of sp³-hybridized carbons (Fsp3) is 0.111. The molecule has 1 heterocycles. The number of alkyl carbamates (subject to hydrolysis) is 1. The van der Waals surface area contributed by atoms with Crippen LogP contribution in [0.2, 0.25) is 0 Å². The number of allylic oxidation sites excluding steroid dienone is 8. The zero-order valence-electron chi connectivity index (χ0n) is 12.6. The van der Waals surface area contributed by atoms with Crippen molar-refractivity contribution >= 4 is 42.4 Å². The molecule has 0 spiro atoms. The minimum Gasteiger partial charge on any atom is -0.413 e. The van der Waals surface area contributed by atoms with Crippen LogP contribution in [0.5, 0.6) is 0 Å². The molecule has 122 valence electrons. The molecule has 1 aromatic rings. The monoisotopic (exact) mass is 448 g/mol. The van der Waals surface area contributed by atoms with Gasteiger partial charge >= 0.3 is 6.09 Å². The average Bonchev–Trinajstić information content (AvgIpc) is 2.88. The number of carbonyl (C=O) groups excluding carboxylic acids is 1. The highest BCUT2D eigenvalue weighted by Gasteiger charge is 2.19. The molecule has 4 nitrogen and oxygen atoms in total. The molecule has 1 amide bonds. The quantitative estimate of drug-likeness (QED) is 0.682. The van der Waals surface area contributed by atoms with Crippen LogP contribution in [0.25, 0.3) is 4.48 Å². The van der Waals surface area contributed by atoms with Crippen molar-refractivity contribution in [3.63, 3.8) is 0 Å². The number of nitrogens with one attached hydrogen (secondary N) is 1. The lowest BCUT2D eigenvalue weighted by Gasteiger charge is -2.12. The van der Waals surface area contributed by atoms with E-state index in [0.717, 1.165) is 21.4 Å². The summed E-state index contributed by atoms with van der Waals surface area (Å²) >= 11 is 7.01. The molecular weight excluding hydrogens is 436 g/mol. The molecule has 6 heteroatoms. The first kappa shape index (κ1) is 16.9. The molecule has 0 atom stereocenters. The van der Waals surface area contributed by atoms with Crippen LogP contribution in [-0.4, -0.2) is 11.1 Å². The Kier molecular flexibility index (Phi) is 5.48. The maximum absolute atomic E-state index is 12.2. The summed E-state index contributed by atoms with van der Waals surface area (Å²) in [7, 11) is 0. The normalized spacial score (nSPS) is 16.6. The summed E-state index contributed by atoms with van der Waals surface area (Å²) in [6.45, 7) is 0. The summed E-state index contributed by atoms with van der Waals surface area (Å²) in [5.74, 6) is 0.516. The van der Waals surface area contributed by atoms with E-state index in [4.69, 9.17) is 4.74 Å². The molecule has 1 aromatic heterocycles. The number of carbonyl (C=O) groups is 1. The minimum absolute atomic E-state index is 0.425. The standard InChI is InChI=1S/C18H14Br2N2O2/c19-14-10-15(20)17(11-16-13(14)8-5-9-21-16)24-18(23)22-12-6-3-1-2-4-7-12/h1-6,8-10H,7,11H2,(H,22,23). The number of hydrogen-bond donors (Lipinski definition) is 1. The molecule has 0 fully saturated rings. The molecule has 0 unspecified atom stereocenters. The molecule has 1 N–H and O–H groups in total. The van der Waals surface area contributed by atoms with Crippen LogP contribution in [0.3, 0.4) is 0 Å². The van der Waals surface area contributed by atoms with Crippen LogP contribution < -0.4 is 5.32 Å². The zero-order chi connectivity index (χ0) is 16.9. The van der Waals surface area contributed by atoms with Gasteiger partial charge in [0.1, 0.15) is 5.76 Å². The lowest BCUT2D eigenvalue weighted by Crippen LogP contribution is -2.24. The van der Waals surface area contributed by atoms with Gasteiger partial charge in [-0.1, -0.05) is 46.3 Å². The summed E-state index contributed by atoms with van der Waals surface area (Å²) in [4.78, 5) is 16.6. The van der Waals surface area contributed by atoms with E-state index in [-0.39, 0.29) is 0 Å². The molecule has 0 saturated heterocycles. The summed E-state index contributed by atoms with van der Waals surface area (Å²) in [6.07, 6.45) is 13.7. The Morgan fingerprint density at radius 3 is 3.00 bits per heavy atom. The SMILES string of the molecule is O=C(NC1=CC=CC=CC1)OC1=C(Br)C=C(Br)c2cccnc2C1. The predicted octanol–water partition coefficient (Wildman–Crippen LogP) is 5.11. The molecule has 0 aromatic carbocycles. The lowest BCUT2D eigenvalue weighted by molar-refractivity contribution is 0.176. The van der Waals surface area contributed by atoms with Crippen LogP contribution in [-0.2, 0) is 11.2 Å². The molecule has 24 heavy (non-hydrogen) atoms. The van der Waals surface area contributed by atoms with Crippen molar-refractivity contribution in [3.8, 4) is 0 Å². The van der Waals surface area contributed by atoms with Gasteiger partial charge in [-0.25, -0.2) is 4.79 Å². The van der Waals surface area contributed by atoms with E-state index in [9.17, 15) is 4.79 Å². The van der Waals surface area contributed by atoms with E-state index in [1.165, 1.54) is 0 Å². The molecule has 2 aliphatic carbocycles. The predicted molar refractivity (Wildman–Crippen MR) is 101 cm³/mol. The molecule has 0 radical (unpaired) electrons. The van der Waals surface area contributed by atoms with Gasteiger partial charge in [0, 0.05) is 28.4 Å². The molecule has 2 aliphatic rings. The molecular formula is C18H14Br2N2O2. The second kappa shape index (κ2) is 7.77. The first-order chi connectivity index (χ1) is 11.6. The van der Waals surface area contributed by atoms with Gasteiger partial charge in [-0.2, -0.15) is 0 Å². The topological polar surface area (TPSA) is 51.2 Å². The van der Waals surface area contributed by atoms with Gasteiger partial charge in [0.05, 0.1) is 16.6 Å². The van der Waals surface area contributed by atoms with Gasteiger partial charge in [0.25, 0.3) is 0 Å². The maximum atomic E-state index is 12.2. The van der Waals surface area contributed by atoms with Gasteiger partial charge in [0.15, 0.2) is 0 Å². The summed E-state index contributed by atoms with van der Waals surface area (Å²) in [6, 6.07) is 3.85. The van der Waals surface area contributed by atoms with Crippen molar-refractivity contribution in [2.45, 2.75) is 12.8 Å². The average molecular weight is 450 g/mol. The second-order valence-electron chi connectivity index (χ2n) is 5.16. The fourth-order valence-electron chi connectivity index (χ4n) is 2.33. The third kappa shape index (κ3) is 4.13. The minimum atomic E-state index is -0.513. The van der Waals surface area contributed by atoms with Gasteiger partial charge in [-0.3, -0.25) is 10.3 Å². The number of ether oxygens (including phenoxy) is 1. The van der Waals surface area contributed by atoms with E-state index in [1.54, 1.807) is 6.20 Å². The number of amides is 1. The van der Waals surface area contributed by atoms with Crippen LogP contribution in [0.15, 0.2) is 70.7 Å². The number of rotatable bonds is 2. The fourth-order valence-corrected chi connectivity index (χ4v) is 3.67. The van der Waals surface area contributed by atoms with Crippen LogP contribution >= 0.6 is 31.9 Å². The number of halogens is 2. The highest BCUT2D eigenvalue weighted by molar-refractivity contribution is 9.15. The third-order valence-electron chi connectivity index (χ3n) is 3.47. The highest BCUT2D eigenvalue weighted by atomic mass is 79.9. The lowest BCUT2D eigenvalue weighted by atomic mass is 10.1. The van der Waals surface area contributed by atoms with Crippen LogP contribution in [0, 0.1) is 0 Å². The van der Waals surface area contributed by atoms with Crippen molar-refractivity contribution in [2.75, 3.05) is 0 Å². The van der Waals surface area contributed by atoms with E-state index >= 15 is 0 Å². The van der Waals surface area contributed by atoms with Crippen molar-refractivity contribution in [3.05, 3.63) is 82.0 Å². The van der Waals surface area contributed by atoms with Gasteiger partial charge in [0.2, 0.25) is 0 Å². The summed E-state index contributed by atoms with van der Waals surface area (Å²) < 4.78 is 7.11. The number of nitrogens with zero attached hydrogens (tertiary/aromatic N) is 1. The van der Waals surface area contributed by atoms with E-state index in [1.807, 2.05) is 48.6 Å². The Morgan fingerprint density at radius 2 is 2.12 bits per heavy atom. The van der Waals surface area contributed by atoms with Crippen molar-refractivity contribution < 1.29 is 9.53 Å². The Hall–Kier alpha value is -1.92. The molecule has 3 rings (SSSR count). The largest absolute Gasteiger partial charge is 0.416 e. The van der Waals surface area contributed by atoms with Crippen molar-refractivity contribution in [2.24, 2.45) is 0 Å². The van der Waals surface area contributed by atoms with Gasteiger partial charge in [-0.05, 0) is 34.1 Å². The Labute approximate surface area is 156 Å². The first-order valence-corrected chi connectivity index (χ1v) is 8.93. The van der Waals surface area contributed by atoms with Crippen molar-refractivity contribution in [1.82, 2.24) is 10.3 Å². The Balaban J connectivity index is 1.76. The highest BCUT2D eigenvalue weighted by Crippen LogP contribution is 2.33. The summed E-state index contributed by atoms with van der Waals surface area (Å²) in [5, 5.41) is 2.77. The zero-order valence-corrected chi connectivity index (χ0v) is 15.8. The third-order valence-corrected chi connectivity index (χ3v) is 4.79. The van der Waals surface area contributed by atoms with E-state index in [2.05, 4.69) is 42.2 Å². The Morgan fingerprint density at radius 1 is 1.25 bits per heavy atom. The first-order valence-electron chi connectivity index (χ1n) is 7.35. The summed E-state index contributed by atoms with van der Waals surface area (Å²) in [5.41, 5.74) is 2.61. The van der Waals surface area contributed by atoms with Gasteiger partial charge < -0.3 is 4.74 Å². The number of aromatic nitrogens is 1. The van der Waals surface area contributed by atoms with Crippen LogP contribution in [0.4, 0.5) is 4.79 Å². The second-order valence-corrected chi connectivity index (χ2v) is 6.87. The molecule has 0 bridgehead atoms. The Bertz CT molecular complexity index is 820. The van der Waals surface area contributed by atoms with Gasteiger partial charge in [-0.15, -0.1) is 0 Å². The molecule has 0 saturated carbocycles.